The van der Waals surface area contributed by atoms with Crippen LogP contribution in [0.1, 0.15) is 11.1 Å². The van der Waals surface area contributed by atoms with Crippen LogP contribution in [-0.2, 0) is 9.59 Å². The van der Waals surface area contributed by atoms with Crippen molar-refractivity contribution >= 4 is 41.0 Å². The first-order valence-electron chi connectivity index (χ1n) is 7.22. The molecule has 0 atom stereocenters. The van der Waals surface area contributed by atoms with Crippen molar-refractivity contribution in [3.63, 3.8) is 0 Å². The first kappa shape index (κ1) is 15.4. The normalized spacial score (nSPS) is 13.5. The highest BCUT2D eigenvalue weighted by Crippen LogP contribution is 2.33. The zero-order chi connectivity index (χ0) is 16.2. The number of hydrogen-bond acceptors (Lipinski definition) is 3. The lowest BCUT2D eigenvalue weighted by Crippen LogP contribution is -2.19. The summed E-state index contributed by atoms with van der Waals surface area (Å²) in [6.07, 6.45) is 3.28. The number of thioether (sulfide) groups is 1. The molecule has 23 heavy (non-hydrogen) atoms. The summed E-state index contributed by atoms with van der Waals surface area (Å²) in [5.41, 5.74) is 3.53. The first-order chi connectivity index (χ1) is 11.1. The third-order valence-corrected chi connectivity index (χ3v) is 4.42. The number of aryl methyl sites for hydroxylation is 1. The second-order valence-corrected chi connectivity index (χ2v) is 6.30. The van der Waals surface area contributed by atoms with Gasteiger partial charge in [-0.05, 0) is 36.8 Å². The van der Waals surface area contributed by atoms with Crippen LogP contribution in [0.3, 0.4) is 0 Å². The second-order valence-electron chi connectivity index (χ2n) is 5.28. The zero-order valence-electron chi connectivity index (χ0n) is 12.6. The molecule has 0 bridgehead atoms. The molecule has 0 radical (unpaired) electrons. The first-order valence-corrected chi connectivity index (χ1v) is 8.21. The number of hydrogen-bond donors (Lipinski definition) is 2. The van der Waals surface area contributed by atoms with Crippen LogP contribution in [-0.4, -0.2) is 17.6 Å². The van der Waals surface area contributed by atoms with E-state index in [1.807, 2.05) is 43.3 Å². The second kappa shape index (κ2) is 6.71. The topological polar surface area (TPSA) is 58.2 Å². The maximum atomic E-state index is 12.0. The number of benzene rings is 2. The lowest BCUT2D eigenvalue weighted by Gasteiger charge is -2.17. The highest BCUT2D eigenvalue weighted by molar-refractivity contribution is 8.00. The van der Waals surface area contributed by atoms with Crippen LogP contribution in [0, 0.1) is 6.92 Å². The molecule has 0 aliphatic carbocycles. The molecule has 116 valence electrons. The zero-order valence-corrected chi connectivity index (χ0v) is 13.4. The van der Waals surface area contributed by atoms with E-state index in [-0.39, 0.29) is 11.8 Å². The fourth-order valence-electron chi connectivity index (χ4n) is 2.29. The molecule has 2 N–H and O–H groups in total. The Balaban J connectivity index is 1.68. The fourth-order valence-corrected chi connectivity index (χ4v) is 3.08. The molecule has 0 spiro atoms. The van der Waals surface area contributed by atoms with Crippen LogP contribution in [0.4, 0.5) is 11.4 Å². The Morgan fingerprint density at radius 1 is 1.26 bits per heavy atom. The summed E-state index contributed by atoms with van der Waals surface area (Å²) in [4.78, 5) is 24.4. The average Bonchev–Trinajstić information content (AvgIpc) is 2.53. The van der Waals surface area contributed by atoms with Gasteiger partial charge in [-0.2, -0.15) is 0 Å². The van der Waals surface area contributed by atoms with Crippen molar-refractivity contribution in [3.05, 3.63) is 59.7 Å². The van der Waals surface area contributed by atoms with E-state index in [2.05, 4.69) is 10.6 Å². The molecule has 5 heteroatoms. The molecule has 1 aliphatic heterocycles. The van der Waals surface area contributed by atoms with Gasteiger partial charge in [0.1, 0.15) is 0 Å². The molecule has 4 nitrogen and oxygen atoms in total. The molecule has 0 aromatic heterocycles. The maximum absolute atomic E-state index is 12.0. The monoisotopic (exact) mass is 324 g/mol. The fraction of sp³-hybridized carbons (Fsp3) is 0.111. The molecular weight excluding hydrogens is 308 g/mol. The van der Waals surface area contributed by atoms with Crippen LogP contribution in [0.2, 0.25) is 0 Å². The van der Waals surface area contributed by atoms with E-state index < -0.39 is 0 Å². The van der Waals surface area contributed by atoms with Gasteiger partial charge in [0.05, 0.1) is 11.4 Å². The number of amides is 2. The number of nitrogens with one attached hydrogen (secondary N) is 2. The van der Waals surface area contributed by atoms with Gasteiger partial charge >= 0.3 is 0 Å². The largest absolute Gasteiger partial charge is 0.324 e. The summed E-state index contributed by atoms with van der Waals surface area (Å²) < 4.78 is 0. The van der Waals surface area contributed by atoms with E-state index in [4.69, 9.17) is 0 Å². The van der Waals surface area contributed by atoms with E-state index in [0.29, 0.717) is 11.4 Å². The highest BCUT2D eigenvalue weighted by atomic mass is 32.2. The van der Waals surface area contributed by atoms with Crippen molar-refractivity contribution in [2.75, 3.05) is 16.4 Å². The van der Waals surface area contributed by atoms with Gasteiger partial charge in [0.15, 0.2) is 0 Å². The molecule has 0 saturated heterocycles. The third kappa shape index (κ3) is 4.02. The van der Waals surface area contributed by atoms with E-state index in [0.717, 1.165) is 21.7 Å². The van der Waals surface area contributed by atoms with Crippen molar-refractivity contribution in [2.24, 2.45) is 0 Å². The van der Waals surface area contributed by atoms with Crippen molar-refractivity contribution in [1.29, 1.82) is 0 Å². The number of carbonyl (C=O) groups is 2. The Morgan fingerprint density at radius 3 is 2.96 bits per heavy atom. The molecule has 2 aromatic rings. The van der Waals surface area contributed by atoms with Gasteiger partial charge in [-0.25, -0.2) is 0 Å². The maximum Gasteiger partial charge on any atom is 0.248 e. The summed E-state index contributed by atoms with van der Waals surface area (Å²) in [5.74, 6) is 0.198. The molecule has 1 aliphatic rings. The van der Waals surface area contributed by atoms with E-state index in [1.165, 1.54) is 17.8 Å². The molecule has 1 heterocycles. The van der Waals surface area contributed by atoms with Crippen molar-refractivity contribution < 1.29 is 9.59 Å². The molecular formula is C18H16N2O2S. The van der Waals surface area contributed by atoms with Gasteiger partial charge in [-0.3, -0.25) is 9.59 Å². The lowest BCUT2D eigenvalue weighted by molar-refractivity contribution is -0.114. The molecule has 2 aromatic carbocycles. The minimum absolute atomic E-state index is 0.0229. The van der Waals surface area contributed by atoms with Gasteiger partial charge < -0.3 is 10.6 Å². The van der Waals surface area contributed by atoms with E-state index in [9.17, 15) is 9.59 Å². The molecule has 3 rings (SSSR count). The lowest BCUT2D eigenvalue weighted by atomic mass is 10.1. The Hall–Kier alpha value is -2.53. The van der Waals surface area contributed by atoms with Crippen LogP contribution < -0.4 is 10.6 Å². The average molecular weight is 324 g/mol. The molecule has 0 saturated carbocycles. The minimum atomic E-state index is -0.207. The standard InChI is InChI=1S/C18H16N2O2S/c1-12-3-2-4-13(9-12)5-8-17(21)19-14-6-7-16-15(10-14)20-18(22)11-23-16/h2-10H,11H2,1H3,(H,19,21)(H,20,22)/b8-5+. The Bertz CT molecular complexity index is 799. The Labute approximate surface area is 139 Å². The van der Waals surface area contributed by atoms with Crippen molar-refractivity contribution in [2.45, 2.75) is 11.8 Å². The summed E-state index contributed by atoms with van der Waals surface area (Å²) in [7, 11) is 0. The summed E-state index contributed by atoms with van der Waals surface area (Å²) in [5, 5.41) is 5.61. The molecule has 0 unspecified atom stereocenters. The Kier molecular flexibility index (Phi) is 4.48. The number of carbonyl (C=O) groups excluding carboxylic acids is 2. The van der Waals surface area contributed by atoms with E-state index >= 15 is 0 Å². The van der Waals surface area contributed by atoms with Gasteiger partial charge in [0.2, 0.25) is 11.8 Å². The van der Waals surface area contributed by atoms with Gasteiger partial charge in [0.25, 0.3) is 0 Å². The van der Waals surface area contributed by atoms with Crippen molar-refractivity contribution in [3.8, 4) is 0 Å². The van der Waals surface area contributed by atoms with Crippen LogP contribution >= 0.6 is 11.8 Å². The predicted molar refractivity (Wildman–Crippen MR) is 94.6 cm³/mol. The highest BCUT2D eigenvalue weighted by Gasteiger charge is 2.15. The summed E-state index contributed by atoms with van der Waals surface area (Å²) >= 11 is 1.49. The number of fused-ring (bicyclic) bond motifs is 1. The minimum Gasteiger partial charge on any atom is -0.324 e. The third-order valence-electron chi connectivity index (χ3n) is 3.35. The Morgan fingerprint density at radius 2 is 2.13 bits per heavy atom. The summed E-state index contributed by atoms with van der Waals surface area (Å²) in [6.45, 7) is 2.01. The van der Waals surface area contributed by atoms with Crippen LogP contribution in [0.15, 0.2) is 53.4 Å². The SMILES string of the molecule is Cc1cccc(/C=C/C(=O)Nc2ccc3c(c2)NC(=O)CS3)c1. The summed E-state index contributed by atoms with van der Waals surface area (Å²) in [6, 6.07) is 13.4. The predicted octanol–water partition coefficient (Wildman–Crippen LogP) is 3.69. The van der Waals surface area contributed by atoms with E-state index in [1.54, 1.807) is 12.1 Å². The van der Waals surface area contributed by atoms with Crippen LogP contribution in [0.5, 0.6) is 0 Å². The quantitative estimate of drug-likeness (QED) is 0.847. The molecule has 0 fully saturated rings. The van der Waals surface area contributed by atoms with Gasteiger partial charge in [0, 0.05) is 16.7 Å². The van der Waals surface area contributed by atoms with Crippen molar-refractivity contribution in [1.82, 2.24) is 0 Å². The molecule has 2 amide bonds. The number of anilines is 2. The number of rotatable bonds is 3. The van der Waals surface area contributed by atoms with Gasteiger partial charge in [-0.15, -0.1) is 11.8 Å². The van der Waals surface area contributed by atoms with Gasteiger partial charge in [-0.1, -0.05) is 29.8 Å². The smallest absolute Gasteiger partial charge is 0.248 e. The van der Waals surface area contributed by atoms with Crippen LogP contribution in [0.25, 0.3) is 6.08 Å².